The molecule has 0 saturated heterocycles. The molecule has 0 spiro atoms. The van der Waals surface area contributed by atoms with Crippen LogP contribution in [-0.4, -0.2) is 5.11 Å². The van der Waals surface area contributed by atoms with Crippen LogP contribution in [-0.2, 0) is 0 Å². The van der Waals surface area contributed by atoms with Gasteiger partial charge in [0.25, 0.3) is 0 Å². The lowest BCUT2D eigenvalue weighted by atomic mass is 9.99. The number of hydrogen-bond acceptors (Lipinski definition) is 3. The molecule has 0 aliphatic heterocycles. The van der Waals surface area contributed by atoms with Crippen LogP contribution in [0.5, 0.6) is 5.75 Å². The average molecular weight is 301 g/mol. The van der Waals surface area contributed by atoms with Gasteiger partial charge in [0.1, 0.15) is 11.3 Å². The van der Waals surface area contributed by atoms with Crippen LogP contribution < -0.4 is 5.63 Å². The van der Waals surface area contributed by atoms with Crippen molar-refractivity contribution >= 4 is 22.6 Å². The Hall–Kier alpha value is -2.26. The fourth-order valence-electron chi connectivity index (χ4n) is 2.43. The first-order valence-corrected chi connectivity index (χ1v) is 6.88. The fourth-order valence-corrected chi connectivity index (χ4v) is 2.60. The number of aromatic hydroxyl groups is 1. The maximum absolute atomic E-state index is 12.3. The number of rotatable bonds is 1. The molecule has 2 aromatic carbocycles. The second kappa shape index (κ2) is 4.93. The minimum Gasteiger partial charge on any atom is -0.508 e. The highest BCUT2D eigenvalue weighted by Gasteiger charge is 2.14. The van der Waals surface area contributed by atoms with Crippen molar-refractivity contribution in [3.05, 3.63) is 63.0 Å². The summed E-state index contributed by atoms with van der Waals surface area (Å²) in [7, 11) is 0. The molecule has 4 heteroatoms. The number of phenols is 1. The molecule has 1 N–H and O–H groups in total. The summed E-state index contributed by atoms with van der Waals surface area (Å²) in [6.45, 7) is 3.73. The Morgan fingerprint density at radius 2 is 1.76 bits per heavy atom. The molecule has 0 unspecified atom stereocenters. The van der Waals surface area contributed by atoms with Gasteiger partial charge in [0, 0.05) is 10.4 Å². The standard InChI is InChI=1S/C17H13ClO3/c1-9-7-15-13(8-14(9)18)10(2)16(17(20)21-15)11-3-5-12(19)6-4-11/h3-8,19H,1-2H3. The van der Waals surface area contributed by atoms with Crippen LogP contribution >= 0.6 is 11.6 Å². The van der Waals surface area contributed by atoms with Crippen molar-refractivity contribution in [1.29, 1.82) is 0 Å². The summed E-state index contributed by atoms with van der Waals surface area (Å²) in [5.41, 5.74) is 3.01. The molecule has 1 heterocycles. The third-order valence-corrected chi connectivity index (χ3v) is 4.01. The molecule has 3 rings (SSSR count). The molecule has 1 aromatic heterocycles. The highest BCUT2D eigenvalue weighted by molar-refractivity contribution is 6.32. The second-order valence-corrected chi connectivity index (χ2v) is 5.44. The quantitative estimate of drug-likeness (QED) is 0.676. The van der Waals surface area contributed by atoms with Gasteiger partial charge in [-0.2, -0.15) is 0 Å². The van der Waals surface area contributed by atoms with Crippen molar-refractivity contribution in [2.45, 2.75) is 13.8 Å². The predicted molar refractivity (Wildman–Crippen MR) is 84.1 cm³/mol. The first-order valence-electron chi connectivity index (χ1n) is 6.50. The van der Waals surface area contributed by atoms with E-state index in [2.05, 4.69) is 0 Å². The average Bonchev–Trinajstić information content (AvgIpc) is 2.43. The number of halogens is 1. The van der Waals surface area contributed by atoms with Gasteiger partial charge in [-0.1, -0.05) is 23.7 Å². The van der Waals surface area contributed by atoms with Crippen LogP contribution in [0.1, 0.15) is 11.1 Å². The highest BCUT2D eigenvalue weighted by Crippen LogP contribution is 2.30. The normalized spacial score (nSPS) is 11.0. The molecule has 0 saturated carbocycles. The molecule has 3 aromatic rings. The molecule has 0 amide bonds. The Bertz CT molecular complexity index is 893. The smallest absolute Gasteiger partial charge is 0.344 e. The fraction of sp³-hybridized carbons (Fsp3) is 0.118. The van der Waals surface area contributed by atoms with Crippen molar-refractivity contribution in [1.82, 2.24) is 0 Å². The number of benzene rings is 2. The van der Waals surface area contributed by atoms with Gasteiger partial charge in [0.2, 0.25) is 0 Å². The van der Waals surface area contributed by atoms with Crippen molar-refractivity contribution in [2.75, 3.05) is 0 Å². The van der Waals surface area contributed by atoms with E-state index in [0.717, 1.165) is 16.5 Å². The summed E-state index contributed by atoms with van der Waals surface area (Å²) in [5.74, 6) is 0.153. The first kappa shape index (κ1) is 13.7. The summed E-state index contributed by atoms with van der Waals surface area (Å²) >= 11 is 6.17. The lowest BCUT2D eigenvalue weighted by Gasteiger charge is -2.09. The van der Waals surface area contributed by atoms with Crippen LogP contribution in [0.3, 0.4) is 0 Å². The van der Waals surface area contributed by atoms with Gasteiger partial charge in [-0.05, 0) is 54.8 Å². The van der Waals surface area contributed by atoms with Gasteiger partial charge in [-0.3, -0.25) is 0 Å². The molecule has 0 aliphatic rings. The van der Waals surface area contributed by atoms with Gasteiger partial charge >= 0.3 is 5.63 Å². The van der Waals surface area contributed by atoms with Crippen molar-refractivity contribution in [3.8, 4) is 16.9 Å². The van der Waals surface area contributed by atoms with Gasteiger partial charge in [-0.15, -0.1) is 0 Å². The Kier molecular flexibility index (Phi) is 3.22. The van der Waals surface area contributed by atoms with E-state index in [1.165, 1.54) is 0 Å². The van der Waals surface area contributed by atoms with Crippen LogP contribution in [0.15, 0.2) is 45.6 Å². The first-order chi connectivity index (χ1) is 9.97. The minimum atomic E-state index is -0.396. The number of phenolic OH excluding ortho intramolecular Hbond substituents is 1. The molecule has 21 heavy (non-hydrogen) atoms. The monoisotopic (exact) mass is 300 g/mol. The molecule has 0 fully saturated rings. The second-order valence-electron chi connectivity index (χ2n) is 5.03. The van der Waals surface area contributed by atoms with E-state index in [-0.39, 0.29) is 5.75 Å². The maximum atomic E-state index is 12.3. The Morgan fingerprint density at radius 3 is 2.43 bits per heavy atom. The van der Waals surface area contributed by atoms with E-state index in [9.17, 15) is 9.90 Å². The van der Waals surface area contributed by atoms with Crippen LogP contribution in [0.25, 0.3) is 22.1 Å². The zero-order chi connectivity index (χ0) is 15.1. The van der Waals surface area contributed by atoms with E-state index in [1.54, 1.807) is 30.3 Å². The lowest BCUT2D eigenvalue weighted by Crippen LogP contribution is -2.06. The molecule has 0 bridgehead atoms. The largest absolute Gasteiger partial charge is 0.508 e. The third-order valence-electron chi connectivity index (χ3n) is 3.60. The Labute approximate surface area is 126 Å². The molecule has 0 aliphatic carbocycles. The van der Waals surface area contributed by atoms with Crippen molar-refractivity contribution < 1.29 is 9.52 Å². The highest BCUT2D eigenvalue weighted by atomic mass is 35.5. The van der Waals surface area contributed by atoms with E-state index in [4.69, 9.17) is 16.0 Å². The number of hydrogen-bond donors (Lipinski definition) is 1. The lowest BCUT2D eigenvalue weighted by molar-refractivity contribution is 0.475. The van der Waals surface area contributed by atoms with Crippen LogP contribution in [0.4, 0.5) is 0 Å². The van der Waals surface area contributed by atoms with Gasteiger partial charge in [-0.25, -0.2) is 4.79 Å². The maximum Gasteiger partial charge on any atom is 0.344 e. The van der Waals surface area contributed by atoms with E-state index in [1.807, 2.05) is 19.9 Å². The molecular weight excluding hydrogens is 288 g/mol. The van der Waals surface area contributed by atoms with Gasteiger partial charge < -0.3 is 9.52 Å². The zero-order valence-electron chi connectivity index (χ0n) is 11.6. The molecule has 3 nitrogen and oxygen atoms in total. The number of fused-ring (bicyclic) bond motifs is 1. The summed E-state index contributed by atoms with van der Waals surface area (Å²) in [6, 6.07) is 10.1. The minimum absolute atomic E-state index is 0.153. The summed E-state index contributed by atoms with van der Waals surface area (Å²) in [5, 5.41) is 10.8. The SMILES string of the molecule is Cc1cc2oc(=O)c(-c3ccc(O)cc3)c(C)c2cc1Cl. The van der Waals surface area contributed by atoms with Gasteiger partial charge in [0.05, 0.1) is 5.56 Å². The van der Waals surface area contributed by atoms with E-state index < -0.39 is 5.63 Å². The summed E-state index contributed by atoms with van der Waals surface area (Å²) in [4.78, 5) is 12.3. The van der Waals surface area contributed by atoms with E-state index in [0.29, 0.717) is 21.7 Å². The van der Waals surface area contributed by atoms with Crippen molar-refractivity contribution in [2.24, 2.45) is 0 Å². The Morgan fingerprint density at radius 1 is 1.10 bits per heavy atom. The zero-order valence-corrected chi connectivity index (χ0v) is 12.4. The van der Waals surface area contributed by atoms with Crippen LogP contribution in [0, 0.1) is 13.8 Å². The third kappa shape index (κ3) is 2.30. The molecule has 0 atom stereocenters. The molecule has 106 valence electrons. The van der Waals surface area contributed by atoms with Crippen molar-refractivity contribution in [3.63, 3.8) is 0 Å². The van der Waals surface area contributed by atoms with Crippen LogP contribution in [0.2, 0.25) is 5.02 Å². The topological polar surface area (TPSA) is 50.4 Å². The molecular formula is C17H13ClO3. The predicted octanol–water partition coefficient (Wildman–Crippen LogP) is 4.44. The van der Waals surface area contributed by atoms with Gasteiger partial charge in [0.15, 0.2) is 0 Å². The Balaban J connectivity index is 2.36. The van der Waals surface area contributed by atoms with E-state index >= 15 is 0 Å². The molecule has 0 radical (unpaired) electrons. The summed E-state index contributed by atoms with van der Waals surface area (Å²) in [6.07, 6.45) is 0. The number of aryl methyl sites for hydroxylation is 2. The summed E-state index contributed by atoms with van der Waals surface area (Å²) < 4.78 is 5.42.